The Morgan fingerprint density at radius 1 is 1.00 bits per heavy atom. The molecular formula is C14H25N3O3. The number of carbonyl (C=O) groups excluding carboxylic acids is 2. The molecule has 2 atom stereocenters. The van der Waals surface area contributed by atoms with Gasteiger partial charge in [0.15, 0.2) is 0 Å². The summed E-state index contributed by atoms with van der Waals surface area (Å²) in [5.74, 6) is 0.252. The monoisotopic (exact) mass is 283 g/mol. The molecule has 2 rings (SSSR count). The molecule has 2 saturated heterocycles. The molecule has 0 aromatic carbocycles. The van der Waals surface area contributed by atoms with E-state index in [0.717, 1.165) is 13.1 Å². The van der Waals surface area contributed by atoms with E-state index in [0.29, 0.717) is 32.7 Å². The van der Waals surface area contributed by atoms with Crippen molar-refractivity contribution in [3.63, 3.8) is 0 Å². The standard InChI is InChI=1S/C14H25N3O3/c1-11-8-15(9-12(2)20-11)10-14(19)17-6-4-16(5-7-17)13(3)18/h11-12H,4-10H2,1-3H3. The quantitative estimate of drug-likeness (QED) is 0.703. The van der Waals surface area contributed by atoms with Gasteiger partial charge < -0.3 is 14.5 Å². The van der Waals surface area contributed by atoms with Crippen molar-refractivity contribution in [2.75, 3.05) is 45.8 Å². The maximum absolute atomic E-state index is 12.3. The second-order valence-corrected chi connectivity index (χ2v) is 5.84. The van der Waals surface area contributed by atoms with Crippen LogP contribution in [0.25, 0.3) is 0 Å². The lowest BCUT2D eigenvalue weighted by Crippen LogP contribution is -2.54. The third-order valence-electron chi connectivity index (χ3n) is 3.93. The number of piperazine rings is 1. The van der Waals surface area contributed by atoms with E-state index < -0.39 is 0 Å². The molecule has 0 spiro atoms. The Morgan fingerprint density at radius 2 is 1.50 bits per heavy atom. The Kier molecular flexibility index (Phi) is 4.99. The van der Waals surface area contributed by atoms with Crippen LogP contribution in [0.15, 0.2) is 0 Å². The van der Waals surface area contributed by atoms with Crippen molar-refractivity contribution in [1.29, 1.82) is 0 Å². The zero-order valence-electron chi connectivity index (χ0n) is 12.7. The maximum Gasteiger partial charge on any atom is 0.236 e. The van der Waals surface area contributed by atoms with Crippen LogP contribution in [0.4, 0.5) is 0 Å². The van der Waals surface area contributed by atoms with Gasteiger partial charge in [-0.2, -0.15) is 0 Å². The van der Waals surface area contributed by atoms with Crippen molar-refractivity contribution in [3.05, 3.63) is 0 Å². The highest BCUT2D eigenvalue weighted by atomic mass is 16.5. The minimum Gasteiger partial charge on any atom is -0.373 e. The lowest BCUT2D eigenvalue weighted by Gasteiger charge is -2.38. The van der Waals surface area contributed by atoms with E-state index in [9.17, 15) is 9.59 Å². The Hall–Kier alpha value is -1.14. The number of carbonyl (C=O) groups is 2. The fraction of sp³-hybridized carbons (Fsp3) is 0.857. The molecule has 6 nitrogen and oxygen atoms in total. The molecule has 2 aliphatic heterocycles. The fourth-order valence-corrected chi connectivity index (χ4v) is 2.98. The molecule has 0 aromatic rings. The first kappa shape index (κ1) is 15.3. The Labute approximate surface area is 120 Å². The largest absolute Gasteiger partial charge is 0.373 e. The number of hydrogen-bond acceptors (Lipinski definition) is 4. The predicted octanol–water partition coefficient (Wildman–Crippen LogP) is -0.214. The van der Waals surface area contributed by atoms with Gasteiger partial charge in [-0.15, -0.1) is 0 Å². The predicted molar refractivity (Wildman–Crippen MR) is 75.3 cm³/mol. The van der Waals surface area contributed by atoms with E-state index in [4.69, 9.17) is 4.74 Å². The molecule has 0 N–H and O–H groups in total. The van der Waals surface area contributed by atoms with Crippen LogP contribution in [0.3, 0.4) is 0 Å². The minimum absolute atomic E-state index is 0.0907. The normalized spacial score (nSPS) is 28.6. The first-order valence-corrected chi connectivity index (χ1v) is 7.37. The summed E-state index contributed by atoms with van der Waals surface area (Å²) in [6.07, 6.45) is 0.363. The Morgan fingerprint density at radius 3 is 2.00 bits per heavy atom. The number of ether oxygens (including phenoxy) is 1. The highest BCUT2D eigenvalue weighted by Gasteiger charge is 2.27. The molecule has 6 heteroatoms. The van der Waals surface area contributed by atoms with E-state index in [-0.39, 0.29) is 24.0 Å². The van der Waals surface area contributed by atoms with Crippen LogP contribution in [-0.2, 0) is 14.3 Å². The van der Waals surface area contributed by atoms with Gasteiger partial charge in [-0.1, -0.05) is 0 Å². The van der Waals surface area contributed by atoms with Crippen LogP contribution in [0, 0.1) is 0 Å². The van der Waals surface area contributed by atoms with Gasteiger partial charge in [0.1, 0.15) is 0 Å². The van der Waals surface area contributed by atoms with Crippen LogP contribution in [0.2, 0.25) is 0 Å². The Balaban J connectivity index is 1.79. The van der Waals surface area contributed by atoms with Gasteiger partial charge in [-0.3, -0.25) is 14.5 Å². The first-order valence-electron chi connectivity index (χ1n) is 7.37. The van der Waals surface area contributed by atoms with Gasteiger partial charge >= 0.3 is 0 Å². The van der Waals surface area contributed by atoms with Gasteiger partial charge in [-0.25, -0.2) is 0 Å². The summed E-state index contributed by atoms with van der Waals surface area (Å²) in [6.45, 7) is 10.3. The van der Waals surface area contributed by atoms with Crippen molar-refractivity contribution in [2.24, 2.45) is 0 Å². The van der Waals surface area contributed by atoms with Crippen LogP contribution >= 0.6 is 0 Å². The fourth-order valence-electron chi connectivity index (χ4n) is 2.98. The molecule has 0 aliphatic carbocycles. The molecule has 2 amide bonds. The molecule has 114 valence electrons. The number of morpholine rings is 1. The summed E-state index contributed by atoms with van der Waals surface area (Å²) in [7, 11) is 0. The zero-order valence-corrected chi connectivity index (χ0v) is 12.7. The molecule has 0 radical (unpaired) electrons. The third-order valence-corrected chi connectivity index (χ3v) is 3.93. The van der Waals surface area contributed by atoms with Gasteiger partial charge in [0, 0.05) is 46.2 Å². The summed E-state index contributed by atoms with van der Waals surface area (Å²) in [5, 5.41) is 0. The smallest absolute Gasteiger partial charge is 0.236 e. The zero-order chi connectivity index (χ0) is 14.7. The third kappa shape index (κ3) is 3.93. The highest BCUT2D eigenvalue weighted by Crippen LogP contribution is 2.11. The lowest BCUT2D eigenvalue weighted by atomic mass is 10.2. The summed E-state index contributed by atoms with van der Waals surface area (Å²) in [4.78, 5) is 29.4. The molecule has 0 saturated carbocycles. The average molecular weight is 283 g/mol. The maximum atomic E-state index is 12.3. The summed E-state index contributed by atoms with van der Waals surface area (Å²) in [5.41, 5.74) is 0. The van der Waals surface area contributed by atoms with Crippen LogP contribution < -0.4 is 0 Å². The number of rotatable bonds is 2. The lowest BCUT2D eigenvalue weighted by molar-refractivity contribution is -0.141. The molecule has 2 fully saturated rings. The second kappa shape index (κ2) is 6.54. The number of amides is 2. The SMILES string of the molecule is CC(=O)N1CCN(C(=O)CN2CC(C)OC(C)C2)CC1. The van der Waals surface area contributed by atoms with E-state index >= 15 is 0 Å². The van der Waals surface area contributed by atoms with E-state index in [1.54, 1.807) is 11.8 Å². The van der Waals surface area contributed by atoms with Crippen LogP contribution in [0.5, 0.6) is 0 Å². The molecule has 0 bridgehead atoms. The van der Waals surface area contributed by atoms with Crippen molar-refractivity contribution in [3.8, 4) is 0 Å². The van der Waals surface area contributed by atoms with E-state index in [1.807, 2.05) is 18.7 Å². The topological polar surface area (TPSA) is 53.1 Å². The van der Waals surface area contributed by atoms with Gasteiger partial charge in [0.2, 0.25) is 11.8 Å². The molecular weight excluding hydrogens is 258 g/mol. The summed E-state index contributed by atoms with van der Waals surface area (Å²) in [6, 6.07) is 0. The van der Waals surface area contributed by atoms with Crippen molar-refractivity contribution >= 4 is 11.8 Å². The van der Waals surface area contributed by atoms with E-state index in [1.165, 1.54) is 0 Å². The van der Waals surface area contributed by atoms with Crippen molar-refractivity contribution in [2.45, 2.75) is 33.0 Å². The first-order chi connectivity index (χ1) is 9.45. The summed E-state index contributed by atoms with van der Waals surface area (Å²) < 4.78 is 5.67. The van der Waals surface area contributed by atoms with Crippen LogP contribution in [-0.4, -0.2) is 84.5 Å². The Bertz CT molecular complexity index is 357. The van der Waals surface area contributed by atoms with Crippen molar-refractivity contribution in [1.82, 2.24) is 14.7 Å². The highest BCUT2D eigenvalue weighted by molar-refractivity contribution is 5.79. The molecule has 0 aromatic heterocycles. The van der Waals surface area contributed by atoms with Crippen molar-refractivity contribution < 1.29 is 14.3 Å². The minimum atomic E-state index is 0.0907. The average Bonchev–Trinajstić information content (AvgIpc) is 2.37. The van der Waals surface area contributed by atoms with Gasteiger partial charge in [0.25, 0.3) is 0 Å². The molecule has 2 aliphatic rings. The van der Waals surface area contributed by atoms with Gasteiger partial charge in [-0.05, 0) is 13.8 Å². The molecule has 2 heterocycles. The molecule has 20 heavy (non-hydrogen) atoms. The number of hydrogen-bond donors (Lipinski definition) is 0. The second-order valence-electron chi connectivity index (χ2n) is 5.84. The summed E-state index contributed by atoms with van der Waals surface area (Å²) >= 11 is 0. The van der Waals surface area contributed by atoms with E-state index in [2.05, 4.69) is 4.90 Å². The molecule has 2 unspecified atom stereocenters. The van der Waals surface area contributed by atoms with Gasteiger partial charge in [0.05, 0.1) is 18.8 Å². The number of nitrogens with zero attached hydrogens (tertiary/aromatic N) is 3. The van der Waals surface area contributed by atoms with Crippen LogP contribution in [0.1, 0.15) is 20.8 Å².